The number of carbonyl (C=O) groups is 2. The quantitative estimate of drug-likeness (QED) is 0.714. The number of benzene rings is 2. The van der Waals surface area contributed by atoms with Gasteiger partial charge in [0.15, 0.2) is 5.78 Å². The Morgan fingerprint density at radius 2 is 1.77 bits per heavy atom. The summed E-state index contributed by atoms with van der Waals surface area (Å²) >= 11 is 0. The number of ketones is 1. The first-order chi connectivity index (χ1) is 14.6. The van der Waals surface area contributed by atoms with Crippen LogP contribution in [-0.4, -0.2) is 11.7 Å². The molecular formula is C25H24F2N2O2. The molecule has 160 valence electrons. The predicted molar refractivity (Wildman–Crippen MR) is 115 cm³/mol. The van der Waals surface area contributed by atoms with E-state index in [2.05, 4.69) is 10.6 Å². The van der Waals surface area contributed by atoms with E-state index in [9.17, 15) is 18.4 Å². The molecule has 2 N–H and O–H groups in total. The minimum Gasteiger partial charge on any atom is -0.362 e. The van der Waals surface area contributed by atoms with Crippen LogP contribution in [0.5, 0.6) is 0 Å². The Kier molecular flexibility index (Phi) is 5.25. The molecule has 2 aromatic carbocycles. The summed E-state index contributed by atoms with van der Waals surface area (Å²) in [5.41, 5.74) is 3.03. The van der Waals surface area contributed by atoms with Crippen molar-refractivity contribution in [3.05, 3.63) is 88.3 Å². The number of halogens is 2. The lowest BCUT2D eigenvalue weighted by atomic mass is 9.68. The zero-order valence-electron chi connectivity index (χ0n) is 17.7. The van der Waals surface area contributed by atoms with Crippen molar-refractivity contribution < 1.29 is 18.4 Å². The van der Waals surface area contributed by atoms with Crippen molar-refractivity contribution in [2.24, 2.45) is 5.41 Å². The number of nitrogens with one attached hydrogen (secondary N) is 2. The summed E-state index contributed by atoms with van der Waals surface area (Å²) in [7, 11) is 0. The zero-order chi connectivity index (χ0) is 22.3. The number of allylic oxidation sites excluding steroid dienone is 3. The monoisotopic (exact) mass is 422 g/mol. The van der Waals surface area contributed by atoms with Crippen LogP contribution in [0.1, 0.15) is 45.1 Å². The highest BCUT2D eigenvalue weighted by molar-refractivity contribution is 6.09. The number of anilines is 1. The standard InChI is InChI=1S/C25H24F2N2O2/c1-14-21(24(31)29-18-9-7-16(26)8-10-18)22(15-5-4-6-17(27)11-15)23-19(28-14)12-25(2,3)13-20(23)30/h4-11,22,28H,12-13H2,1-3H3,(H,29,31)/t22-/m0/s1. The van der Waals surface area contributed by atoms with E-state index in [4.69, 9.17) is 0 Å². The summed E-state index contributed by atoms with van der Waals surface area (Å²) in [4.78, 5) is 26.5. The van der Waals surface area contributed by atoms with E-state index in [1.54, 1.807) is 19.1 Å². The first-order valence-electron chi connectivity index (χ1n) is 10.2. The molecule has 1 amide bonds. The Hall–Kier alpha value is -3.28. The molecule has 4 nitrogen and oxygen atoms in total. The van der Waals surface area contributed by atoms with Gasteiger partial charge >= 0.3 is 0 Å². The Morgan fingerprint density at radius 3 is 2.45 bits per heavy atom. The van der Waals surface area contributed by atoms with E-state index in [1.165, 1.54) is 36.4 Å². The number of rotatable bonds is 3. The molecule has 1 heterocycles. The molecule has 1 aliphatic carbocycles. The zero-order valence-corrected chi connectivity index (χ0v) is 17.7. The second-order valence-corrected chi connectivity index (χ2v) is 8.95. The maximum atomic E-state index is 14.1. The molecule has 0 spiro atoms. The first-order valence-corrected chi connectivity index (χ1v) is 10.2. The average molecular weight is 422 g/mol. The van der Waals surface area contributed by atoms with Crippen molar-refractivity contribution in [2.75, 3.05) is 5.32 Å². The highest BCUT2D eigenvalue weighted by Crippen LogP contribution is 2.46. The van der Waals surface area contributed by atoms with Gasteiger partial charge in [-0.05, 0) is 60.7 Å². The third-order valence-corrected chi connectivity index (χ3v) is 5.77. The van der Waals surface area contributed by atoms with E-state index < -0.39 is 23.5 Å². The van der Waals surface area contributed by atoms with Gasteiger partial charge in [0.1, 0.15) is 11.6 Å². The lowest BCUT2D eigenvalue weighted by Gasteiger charge is -2.39. The van der Waals surface area contributed by atoms with Crippen LogP contribution < -0.4 is 10.6 Å². The van der Waals surface area contributed by atoms with Gasteiger partial charge in [-0.3, -0.25) is 9.59 Å². The van der Waals surface area contributed by atoms with Crippen LogP contribution in [0, 0.1) is 17.0 Å². The SMILES string of the molecule is CC1=C(C(=O)Nc2ccc(F)cc2)[C@H](c2cccc(F)c2)C2=C(CC(C)(C)CC2=O)N1. The van der Waals surface area contributed by atoms with E-state index in [0.717, 1.165) is 5.70 Å². The third-order valence-electron chi connectivity index (χ3n) is 5.77. The molecule has 0 unspecified atom stereocenters. The summed E-state index contributed by atoms with van der Waals surface area (Å²) in [5, 5.41) is 6.05. The van der Waals surface area contributed by atoms with Gasteiger partial charge in [0.25, 0.3) is 5.91 Å². The Labute approximate surface area is 180 Å². The Morgan fingerprint density at radius 1 is 1.06 bits per heavy atom. The maximum absolute atomic E-state index is 14.1. The molecule has 1 aliphatic heterocycles. The van der Waals surface area contributed by atoms with Crippen molar-refractivity contribution in [3.63, 3.8) is 0 Å². The van der Waals surface area contributed by atoms with E-state index in [1.807, 2.05) is 13.8 Å². The Balaban J connectivity index is 1.80. The van der Waals surface area contributed by atoms with E-state index in [0.29, 0.717) is 40.9 Å². The van der Waals surface area contributed by atoms with E-state index >= 15 is 0 Å². The summed E-state index contributed by atoms with van der Waals surface area (Å²) in [6.07, 6.45) is 1.01. The minimum absolute atomic E-state index is 0.0485. The summed E-state index contributed by atoms with van der Waals surface area (Å²) < 4.78 is 27.3. The predicted octanol–water partition coefficient (Wildman–Crippen LogP) is 5.21. The van der Waals surface area contributed by atoms with Gasteiger partial charge in [0.05, 0.1) is 0 Å². The number of Topliss-reactive ketones (excluding diaryl/α,β-unsaturated/α-hetero) is 1. The molecule has 31 heavy (non-hydrogen) atoms. The number of carbonyl (C=O) groups excluding carboxylic acids is 2. The van der Waals surface area contributed by atoms with Crippen LogP contribution >= 0.6 is 0 Å². The molecule has 0 saturated carbocycles. The molecule has 4 rings (SSSR count). The summed E-state index contributed by atoms with van der Waals surface area (Å²) in [6, 6.07) is 11.5. The highest BCUT2D eigenvalue weighted by Gasteiger charge is 2.42. The second-order valence-electron chi connectivity index (χ2n) is 8.95. The fourth-order valence-electron chi connectivity index (χ4n) is 4.49. The lowest BCUT2D eigenvalue weighted by molar-refractivity contribution is -0.118. The number of hydrogen-bond acceptors (Lipinski definition) is 3. The van der Waals surface area contributed by atoms with Crippen LogP contribution in [0.15, 0.2) is 71.1 Å². The second kappa shape index (κ2) is 7.76. The van der Waals surface area contributed by atoms with Gasteiger partial charge in [0, 0.05) is 40.6 Å². The van der Waals surface area contributed by atoms with Gasteiger partial charge in [-0.1, -0.05) is 26.0 Å². The molecular weight excluding hydrogens is 398 g/mol. The van der Waals surface area contributed by atoms with Crippen LogP contribution in [0.3, 0.4) is 0 Å². The normalized spacial score (nSPS) is 20.3. The number of dihydropyridines is 1. The number of amides is 1. The smallest absolute Gasteiger partial charge is 0.254 e. The number of hydrogen-bond donors (Lipinski definition) is 2. The van der Waals surface area contributed by atoms with Crippen LogP contribution in [0.4, 0.5) is 14.5 Å². The third kappa shape index (κ3) is 4.15. The van der Waals surface area contributed by atoms with Crippen molar-refractivity contribution in [3.8, 4) is 0 Å². The molecule has 2 aliphatic rings. The van der Waals surface area contributed by atoms with Crippen molar-refractivity contribution in [1.29, 1.82) is 0 Å². The molecule has 0 aromatic heterocycles. The Bertz CT molecular complexity index is 1130. The van der Waals surface area contributed by atoms with Gasteiger partial charge in [-0.15, -0.1) is 0 Å². The van der Waals surface area contributed by atoms with Gasteiger partial charge in [0.2, 0.25) is 0 Å². The molecule has 1 atom stereocenters. The van der Waals surface area contributed by atoms with Gasteiger partial charge in [-0.2, -0.15) is 0 Å². The minimum atomic E-state index is -0.684. The van der Waals surface area contributed by atoms with Crippen molar-refractivity contribution >= 4 is 17.4 Å². The van der Waals surface area contributed by atoms with E-state index in [-0.39, 0.29) is 11.2 Å². The molecule has 0 fully saturated rings. The van der Waals surface area contributed by atoms with Crippen LogP contribution in [-0.2, 0) is 9.59 Å². The van der Waals surface area contributed by atoms with Crippen LogP contribution in [0.2, 0.25) is 0 Å². The van der Waals surface area contributed by atoms with Gasteiger partial charge in [-0.25, -0.2) is 8.78 Å². The maximum Gasteiger partial charge on any atom is 0.254 e. The lowest BCUT2D eigenvalue weighted by Crippen LogP contribution is -2.39. The first kappa shape index (κ1) is 21.0. The molecule has 6 heteroatoms. The molecule has 0 radical (unpaired) electrons. The fraction of sp³-hybridized carbons (Fsp3) is 0.280. The summed E-state index contributed by atoms with van der Waals surface area (Å²) in [5.74, 6) is -1.99. The average Bonchev–Trinajstić information content (AvgIpc) is 2.67. The molecule has 2 aromatic rings. The summed E-state index contributed by atoms with van der Waals surface area (Å²) in [6.45, 7) is 5.84. The van der Waals surface area contributed by atoms with Crippen molar-refractivity contribution in [2.45, 2.75) is 39.5 Å². The largest absolute Gasteiger partial charge is 0.362 e. The fourth-order valence-corrected chi connectivity index (χ4v) is 4.49. The topological polar surface area (TPSA) is 58.2 Å². The van der Waals surface area contributed by atoms with Crippen LogP contribution in [0.25, 0.3) is 0 Å². The molecule has 0 bridgehead atoms. The highest BCUT2D eigenvalue weighted by atomic mass is 19.1. The molecule has 0 saturated heterocycles. The van der Waals surface area contributed by atoms with Crippen molar-refractivity contribution in [1.82, 2.24) is 5.32 Å². The van der Waals surface area contributed by atoms with Gasteiger partial charge < -0.3 is 10.6 Å².